The zero-order valence-electron chi connectivity index (χ0n) is 76.3. The van der Waals surface area contributed by atoms with Gasteiger partial charge in [-0.25, -0.2) is 0 Å². The average Bonchev–Trinajstić information content (AvgIpc) is 1.50. The third kappa shape index (κ3) is 12.4. The molecule has 0 radical (unpaired) electrons. The van der Waals surface area contributed by atoms with Crippen LogP contribution in [-0.2, 0) is 10.8 Å². The van der Waals surface area contributed by atoms with Crippen molar-refractivity contribution in [1.82, 2.24) is 0 Å². The lowest BCUT2D eigenvalue weighted by Gasteiger charge is -2.45. The van der Waals surface area contributed by atoms with Gasteiger partial charge in [-0.2, -0.15) is 0 Å². The Labute approximate surface area is 816 Å². The van der Waals surface area contributed by atoms with Crippen LogP contribution in [0, 0.1) is 0 Å². The first-order chi connectivity index (χ1) is 69.5. The summed E-state index contributed by atoms with van der Waals surface area (Å²) in [7, 11) is 0. The second-order valence-electron chi connectivity index (χ2n) is 37.1. The molecule has 4 heterocycles. The molecular weight excluding hydrogens is 1710 g/mol. The number of para-hydroxylation sites is 8. The van der Waals surface area contributed by atoms with Gasteiger partial charge in [0.2, 0.25) is 0 Å². The van der Waals surface area contributed by atoms with Gasteiger partial charge in [0.25, 0.3) is 0 Å². The van der Waals surface area contributed by atoms with E-state index in [-0.39, 0.29) is 0 Å². The molecule has 2 spiro atoms. The maximum Gasteiger partial charge on any atom is 0.135 e. The predicted molar refractivity (Wildman–Crippen MR) is 585 cm³/mol. The largest absolute Gasteiger partial charge is 0.456 e. The second kappa shape index (κ2) is 32.4. The van der Waals surface area contributed by atoms with Crippen molar-refractivity contribution in [3.63, 3.8) is 0 Å². The Kier molecular flexibility index (Phi) is 18.6. The molecule has 2 aliphatic heterocycles. The van der Waals surface area contributed by atoms with Gasteiger partial charge in [0, 0.05) is 75.9 Å². The Morgan fingerprint density at radius 1 is 0.193 bits per heavy atom. The first kappa shape index (κ1) is 80.5. The summed E-state index contributed by atoms with van der Waals surface area (Å²) in [6.07, 6.45) is 0. The van der Waals surface area contributed by atoms with E-state index in [1.807, 2.05) is 17.4 Å². The number of anilines is 12. The lowest BCUT2D eigenvalue weighted by Crippen LogP contribution is -2.36. The third-order valence-corrected chi connectivity index (χ3v) is 31.1. The van der Waals surface area contributed by atoms with Gasteiger partial charge in [0.15, 0.2) is 0 Å². The summed E-state index contributed by atoms with van der Waals surface area (Å²) in [6.45, 7) is 0. The number of fused-ring (bicyclic) bond motifs is 24. The monoisotopic (exact) mass is 1800 g/mol. The molecule has 0 saturated carbocycles. The lowest BCUT2D eigenvalue weighted by molar-refractivity contribution is 0.669. The summed E-state index contributed by atoms with van der Waals surface area (Å²) in [5, 5.41) is 4.69. The fourth-order valence-electron chi connectivity index (χ4n) is 23.9. The molecular formula is C134H86N4OS. The average molecular weight is 1800 g/mol. The molecule has 4 aliphatic rings. The Morgan fingerprint density at radius 2 is 0.514 bits per heavy atom. The quantitative estimate of drug-likeness (QED) is 0.102. The third-order valence-electron chi connectivity index (χ3n) is 29.9. The molecule has 0 atom stereocenters. The van der Waals surface area contributed by atoms with Crippen LogP contribution in [0.25, 0.3) is 142 Å². The molecule has 6 heteroatoms. The summed E-state index contributed by atoms with van der Waals surface area (Å²) in [4.78, 5) is 10.1. The molecule has 0 fully saturated rings. The summed E-state index contributed by atoms with van der Waals surface area (Å²) in [5.74, 6) is 0. The molecule has 24 aromatic rings. The number of furan rings is 1. The highest BCUT2D eigenvalue weighted by Crippen LogP contribution is 2.69. The minimum atomic E-state index is -0.734. The molecule has 28 rings (SSSR count). The first-order valence-electron chi connectivity index (χ1n) is 48.2. The highest BCUT2D eigenvalue weighted by atomic mass is 32.1. The van der Waals surface area contributed by atoms with Crippen LogP contribution in [0.2, 0.25) is 0 Å². The van der Waals surface area contributed by atoms with Gasteiger partial charge in [0.05, 0.1) is 56.3 Å². The van der Waals surface area contributed by atoms with Gasteiger partial charge >= 0.3 is 0 Å². The maximum atomic E-state index is 6.34. The van der Waals surface area contributed by atoms with E-state index in [1.165, 1.54) is 126 Å². The van der Waals surface area contributed by atoms with Gasteiger partial charge in [-0.05, 0) is 250 Å². The number of hydrogen-bond donors (Lipinski definition) is 0. The van der Waals surface area contributed by atoms with Crippen molar-refractivity contribution < 1.29 is 4.42 Å². The number of rotatable bonds is 15. The minimum Gasteiger partial charge on any atom is -0.456 e. The van der Waals surface area contributed by atoms with Gasteiger partial charge in [-0.15, -0.1) is 11.3 Å². The number of thiophene rings is 1. The Bertz CT molecular complexity index is 8980. The standard InChI is InChI=1S/C134H86N4OS/c1-4-32-87(33-5-1)89-64-68-92(69-65-89)102-40-12-21-55-119(102)135(99-78-72-91(73-79-99)96-76-82-128-109(85-96)105-42-14-27-63-127(105)139-128)125-61-31-54-118-131(125)108-44-11-16-48-112(108)134(118)115-51-19-25-59-123(115)138(124-60-26-20-52-116(124)134)101-39-28-36-95(84-101)97-77-83-129-110(86-97)106-46-29-45-104(132(106)140-129)94-74-80-100(81-75-94)136(120-56-22-13-41-103(120)93-70-66-90(67-71-93)88-34-6-2-7-35-88)126-62-30-53-117-130(126)107-43-10-15-47-111(107)133(117)113-49-17-23-57-121(113)137(98-37-8-3-9-38-98)122-58-24-18-50-114(122)133/h1-86H. The van der Waals surface area contributed by atoms with E-state index in [4.69, 9.17) is 4.42 Å². The first-order valence-corrected chi connectivity index (χ1v) is 49.1. The fourth-order valence-corrected chi connectivity index (χ4v) is 25.1. The van der Waals surface area contributed by atoms with E-state index in [0.717, 1.165) is 129 Å². The predicted octanol–water partition coefficient (Wildman–Crippen LogP) is 36.9. The van der Waals surface area contributed by atoms with Gasteiger partial charge < -0.3 is 24.0 Å². The van der Waals surface area contributed by atoms with Crippen molar-refractivity contribution in [2.45, 2.75) is 10.8 Å². The molecule has 0 saturated heterocycles. The van der Waals surface area contributed by atoms with Crippen LogP contribution in [0.3, 0.4) is 0 Å². The summed E-state index contributed by atoms with van der Waals surface area (Å²) in [6, 6.07) is 194. The molecule has 140 heavy (non-hydrogen) atoms. The van der Waals surface area contributed by atoms with Crippen molar-refractivity contribution in [1.29, 1.82) is 0 Å². The van der Waals surface area contributed by atoms with Crippen LogP contribution in [0.15, 0.2) is 526 Å². The van der Waals surface area contributed by atoms with Crippen LogP contribution < -0.4 is 19.6 Å². The zero-order valence-corrected chi connectivity index (χ0v) is 77.1. The number of nitrogens with zero attached hydrogens (tertiary/aromatic N) is 4. The van der Waals surface area contributed by atoms with Crippen molar-refractivity contribution in [2.75, 3.05) is 19.6 Å². The molecule has 2 aromatic heterocycles. The lowest BCUT2D eigenvalue weighted by atomic mass is 9.64. The fraction of sp³-hybridized carbons (Fsp3) is 0.0149. The highest BCUT2D eigenvalue weighted by molar-refractivity contribution is 7.26. The number of hydrogen-bond acceptors (Lipinski definition) is 6. The van der Waals surface area contributed by atoms with E-state index in [2.05, 4.69) is 535 Å². The summed E-state index contributed by atoms with van der Waals surface area (Å²) >= 11 is 1.88. The smallest absolute Gasteiger partial charge is 0.135 e. The molecule has 0 amide bonds. The maximum absolute atomic E-state index is 6.34. The van der Waals surface area contributed by atoms with Crippen molar-refractivity contribution in [3.8, 4) is 100 Å². The second-order valence-corrected chi connectivity index (χ2v) is 38.2. The molecule has 0 bridgehead atoms. The molecule has 22 aromatic carbocycles. The Morgan fingerprint density at radius 3 is 1.05 bits per heavy atom. The van der Waals surface area contributed by atoms with Crippen LogP contribution in [0.5, 0.6) is 0 Å². The Balaban J connectivity index is 0.543. The highest BCUT2D eigenvalue weighted by Gasteiger charge is 2.55. The Hall–Kier alpha value is -17.9. The zero-order chi connectivity index (χ0) is 92.1. The van der Waals surface area contributed by atoms with Crippen molar-refractivity contribution >= 4 is 122 Å². The molecule has 0 unspecified atom stereocenters. The van der Waals surface area contributed by atoms with Crippen LogP contribution in [0.1, 0.15) is 44.5 Å². The van der Waals surface area contributed by atoms with E-state index in [1.54, 1.807) is 0 Å². The minimum absolute atomic E-state index is 0.660. The van der Waals surface area contributed by atoms with E-state index < -0.39 is 10.8 Å². The summed E-state index contributed by atoms with van der Waals surface area (Å²) in [5.41, 5.74) is 44.6. The van der Waals surface area contributed by atoms with Crippen LogP contribution in [-0.4, -0.2) is 0 Å². The van der Waals surface area contributed by atoms with Gasteiger partial charge in [-0.1, -0.05) is 394 Å². The van der Waals surface area contributed by atoms with Crippen LogP contribution >= 0.6 is 11.3 Å². The van der Waals surface area contributed by atoms with Crippen LogP contribution in [0.4, 0.5) is 68.2 Å². The van der Waals surface area contributed by atoms with E-state index in [9.17, 15) is 0 Å². The van der Waals surface area contributed by atoms with Crippen molar-refractivity contribution in [3.05, 3.63) is 566 Å². The topological polar surface area (TPSA) is 26.1 Å². The SMILES string of the molecule is c1ccc(-c2ccc(-c3ccccc3N(c3ccc(-c4cccc5c4sc4ccc(-c6cccc(N7c8ccccc8C8(c9ccccc9-c9c(N(c%10ccc(-c%11ccc%12oc%13ccccc%13c%12c%11)cc%10)c%10ccccc%10-c%10ccc(-c%11ccccc%11)cc%10)cccc98)c8ccccc87)c6)cc45)cc3)c3cccc4c3-c3ccccc3C43c4ccccc4N(c4ccccc4)c4ccccc43)cc2)cc1. The van der Waals surface area contributed by atoms with Gasteiger partial charge in [-0.3, -0.25) is 0 Å². The molecule has 654 valence electrons. The van der Waals surface area contributed by atoms with E-state index in [0.29, 0.717) is 0 Å². The van der Waals surface area contributed by atoms with E-state index >= 15 is 0 Å². The molecule has 0 N–H and O–H groups in total. The summed E-state index contributed by atoms with van der Waals surface area (Å²) < 4.78 is 8.84. The van der Waals surface area contributed by atoms with Crippen molar-refractivity contribution in [2.24, 2.45) is 0 Å². The molecule has 5 nitrogen and oxygen atoms in total. The van der Waals surface area contributed by atoms with Gasteiger partial charge in [0.1, 0.15) is 11.2 Å². The molecule has 2 aliphatic carbocycles. The normalized spacial score (nSPS) is 13.1. The number of benzene rings is 22.